The van der Waals surface area contributed by atoms with Crippen LogP contribution in [0.15, 0.2) is 50.7 Å². The minimum atomic E-state index is -0.0715. The molecule has 3 heterocycles. The molecule has 4 rings (SSSR count). The van der Waals surface area contributed by atoms with Gasteiger partial charge in [0, 0.05) is 31.9 Å². The number of ether oxygens (including phenoxy) is 1. The van der Waals surface area contributed by atoms with Crippen LogP contribution in [0.1, 0.15) is 11.5 Å². The van der Waals surface area contributed by atoms with Crippen LogP contribution in [-0.2, 0) is 9.53 Å². The molecule has 2 saturated heterocycles. The predicted molar refractivity (Wildman–Crippen MR) is 108 cm³/mol. The van der Waals surface area contributed by atoms with Gasteiger partial charge in [-0.2, -0.15) is 0 Å². The normalized spacial score (nSPS) is 20.9. The van der Waals surface area contributed by atoms with E-state index in [9.17, 15) is 4.79 Å². The first-order chi connectivity index (χ1) is 13.1. The maximum Gasteiger partial charge on any atom is 0.266 e. The molecular weight excluding hydrogens is 362 g/mol. The van der Waals surface area contributed by atoms with Crippen LogP contribution >= 0.6 is 11.8 Å². The molecule has 0 spiro atoms. The molecule has 2 aliphatic rings. The van der Waals surface area contributed by atoms with Crippen LogP contribution in [0.4, 0.5) is 11.4 Å². The molecule has 0 N–H and O–H groups in total. The van der Waals surface area contributed by atoms with Crippen LogP contribution in [0.25, 0.3) is 6.08 Å². The summed E-state index contributed by atoms with van der Waals surface area (Å²) < 4.78 is 10.9. The molecule has 7 heteroatoms. The van der Waals surface area contributed by atoms with E-state index in [1.54, 1.807) is 18.0 Å². The molecule has 0 unspecified atom stereocenters. The van der Waals surface area contributed by atoms with Crippen LogP contribution in [0.3, 0.4) is 0 Å². The lowest BCUT2D eigenvalue weighted by Crippen LogP contribution is -2.36. The lowest BCUT2D eigenvalue weighted by Gasteiger charge is -2.28. The van der Waals surface area contributed by atoms with E-state index in [1.165, 1.54) is 17.4 Å². The monoisotopic (exact) mass is 383 g/mol. The van der Waals surface area contributed by atoms with Gasteiger partial charge in [-0.3, -0.25) is 9.69 Å². The van der Waals surface area contributed by atoms with Gasteiger partial charge >= 0.3 is 0 Å². The summed E-state index contributed by atoms with van der Waals surface area (Å²) in [6, 6.07) is 11.8. The molecule has 6 nitrogen and oxygen atoms in total. The average molecular weight is 383 g/mol. The van der Waals surface area contributed by atoms with Crippen LogP contribution in [-0.4, -0.2) is 49.3 Å². The Labute approximate surface area is 162 Å². The molecular formula is C20H21N3O3S. The van der Waals surface area contributed by atoms with Crippen LogP contribution < -0.4 is 4.90 Å². The third kappa shape index (κ3) is 3.94. The highest BCUT2D eigenvalue weighted by Gasteiger charge is 2.30. The first kappa shape index (κ1) is 17.9. The fourth-order valence-corrected chi connectivity index (χ4v) is 3.95. The van der Waals surface area contributed by atoms with Gasteiger partial charge in [-0.1, -0.05) is 0 Å². The maximum absolute atomic E-state index is 12.5. The SMILES string of the molecule is Cc1ccc(/C=C2\SC(=Nc3ccc(N4CCOCC4)cc3)N(C)C2=O)o1. The second-order valence-electron chi connectivity index (χ2n) is 6.43. The topological polar surface area (TPSA) is 58.3 Å². The maximum atomic E-state index is 12.5. The Morgan fingerprint density at radius 1 is 1.11 bits per heavy atom. The summed E-state index contributed by atoms with van der Waals surface area (Å²) in [6.45, 7) is 5.21. The number of anilines is 1. The summed E-state index contributed by atoms with van der Waals surface area (Å²) in [6.07, 6.45) is 1.76. The highest BCUT2D eigenvalue weighted by atomic mass is 32.2. The number of morpholine rings is 1. The van der Waals surface area contributed by atoms with Gasteiger partial charge in [-0.25, -0.2) is 4.99 Å². The van der Waals surface area contributed by atoms with Gasteiger partial charge in [-0.05, 0) is 55.1 Å². The summed E-state index contributed by atoms with van der Waals surface area (Å²) in [4.78, 5) is 21.6. The van der Waals surface area contributed by atoms with Crippen molar-refractivity contribution in [3.05, 3.63) is 52.8 Å². The number of thioether (sulfide) groups is 1. The second-order valence-corrected chi connectivity index (χ2v) is 7.44. The zero-order valence-electron chi connectivity index (χ0n) is 15.3. The summed E-state index contributed by atoms with van der Waals surface area (Å²) in [5.74, 6) is 1.42. The first-order valence-electron chi connectivity index (χ1n) is 8.86. The van der Waals surface area contributed by atoms with E-state index in [-0.39, 0.29) is 5.91 Å². The number of carbonyl (C=O) groups excluding carboxylic acids is 1. The number of amides is 1. The van der Waals surface area contributed by atoms with E-state index in [4.69, 9.17) is 9.15 Å². The van der Waals surface area contributed by atoms with Gasteiger partial charge in [0.2, 0.25) is 0 Å². The summed E-state index contributed by atoms with van der Waals surface area (Å²) in [7, 11) is 1.74. The van der Waals surface area contributed by atoms with Crippen LogP contribution in [0.2, 0.25) is 0 Å². The largest absolute Gasteiger partial charge is 0.462 e. The molecule has 0 saturated carbocycles. The van der Waals surface area contributed by atoms with Crippen molar-refractivity contribution in [2.45, 2.75) is 6.92 Å². The van der Waals surface area contributed by atoms with Crippen LogP contribution in [0, 0.1) is 6.92 Å². The lowest BCUT2D eigenvalue weighted by atomic mass is 10.2. The van der Waals surface area contributed by atoms with E-state index in [1.807, 2.05) is 31.2 Å². The predicted octanol–water partition coefficient (Wildman–Crippen LogP) is 3.66. The second kappa shape index (κ2) is 7.62. The van der Waals surface area contributed by atoms with Crippen molar-refractivity contribution >= 4 is 40.3 Å². The summed E-state index contributed by atoms with van der Waals surface area (Å²) >= 11 is 1.36. The molecule has 2 aliphatic heterocycles. The zero-order chi connectivity index (χ0) is 18.8. The Kier molecular flexibility index (Phi) is 5.05. The molecule has 140 valence electrons. The standard InChI is InChI=1S/C20H21N3O3S/c1-14-3-8-17(26-14)13-18-19(24)22(2)20(27-18)21-15-4-6-16(7-5-15)23-9-11-25-12-10-23/h3-8,13H,9-12H2,1-2H3/b18-13-,21-20?. The number of amidine groups is 1. The minimum absolute atomic E-state index is 0.0715. The van der Waals surface area contributed by atoms with Crippen molar-refractivity contribution < 1.29 is 13.9 Å². The third-order valence-electron chi connectivity index (χ3n) is 4.49. The van der Waals surface area contributed by atoms with Gasteiger partial charge in [0.1, 0.15) is 11.5 Å². The number of rotatable bonds is 3. The Hall–Kier alpha value is -2.51. The number of aryl methyl sites for hydroxylation is 1. The fraction of sp³-hybridized carbons (Fsp3) is 0.300. The van der Waals surface area contributed by atoms with Crippen molar-refractivity contribution in [3.8, 4) is 0 Å². The number of hydrogen-bond acceptors (Lipinski definition) is 6. The molecule has 2 aromatic rings. The molecule has 1 amide bonds. The minimum Gasteiger partial charge on any atom is -0.462 e. The fourth-order valence-electron chi connectivity index (χ4n) is 2.98. The smallest absolute Gasteiger partial charge is 0.266 e. The third-order valence-corrected chi connectivity index (χ3v) is 5.55. The Morgan fingerprint density at radius 3 is 2.52 bits per heavy atom. The Morgan fingerprint density at radius 2 is 1.85 bits per heavy atom. The summed E-state index contributed by atoms with van der Waals surface area (Å²) in [5.41, 5.74) is 1.99. The van der Waals surface area contributed by atoms with Gasteiger partial charge in [0.25, 0.3) is 5.91 Å². The molecule has 0 atom stereocenters. The van der Waals surface area contributed by atoms with Gasteiger partial charge in [-0.15, -0.1) is 0 Å². The number of nitrogens with zero attached hydrogens (tertiary/aromatic N) is 3. The Balaban J connectivity index is 1.51. The van der Waals surface area contributed by atoms with Crippen molar-refractivity contribution in [2.24, 2.45) is 4.99 Å². The number of furan rings is 1. The van der Waals surface area contributed by atoms with E-state index in [0.717, 1.165) is 37.8 Å². The van der Waals surface area contributed by atoms with E-state index >= 15 is 0 Å². The van der Waals surface area contributed by atoms with Crippen molar-refractivity contribution in [1.82, 2.24) is 4.90 Å². The zero-order valence-corrected chi connectivity index (χ0v) is 16.2. The molecule has 1 aromatic carbocycles. The average Bonchev–Trinajstić information content (AvgIpc) is 3.22. The highest BCUT2D eigenvalue weighted by molar-refractivity contribution is 8.18. The highest BCUT2D eigenvalue weighted by Crippen LogP contribution is 2.33. The number of hydrogen-bond donors (Lipinski definition) is 0. The van der Waals surface area contributed by atoms with E-state index in [2.05, 4.69) is 22.0 Å². The Bertz CT molecular complexity index is 895. The molecule has 0 bridgehead atoms. The van der Waals surface area contributed by atoms with Crippen LogP contribution in [0.5, 0.6) is 0 Å². The summed E-state index contributed by atoms with van der Waals surface area (Å²) in [5, 5.41) is 0.661. The number of aliphatic imine (C=N–C) groups is 1. The molecule has 2 fully saturated rings. The first-order valence-corrected chi connectivity index (χ1v) is 9.67. The van der Waals surface area contributed by atoms with Crippen molar-refractivity contribution in [1.29, 1.82) is 0 Å². The number of benzene rings is 1. The van der Waals surface area contributed by atoms with Gasteiger partial charge in [0.15, 0.2) is 5.17 Å². The van der Waals surface area contributed by atoms with E-state index in [0.29, 0.717) is 15.8 Å². The molecule has 0 radical (unpaired) electrons. The number of carbonyl (C=O) groups is 1. The molecule has 27 heavy (non-hydrogen) atoms. The van der Waals surface area contributed by atoms with Gasteiger partial charge in [0.05, 0.1) is 23.8 Å². The van der Waals surface area contributed by atoms with E-state index < -0.39 is 0 Å². The van der Waals surface area contributed by atoms with Crippen molar-refractivity contribution in [2.75, 3.05) is 38.3 Å². The molecule has 0 aliphatic carbocycles. The molecule has 1 aromatic heterocycles. The van der Waals surface area contributed by atoms with Gasteiger partial charge < -0.3 is 14.1 Å². The lowest BCUT2D eigenvalue weighted by molar-refractivity contribution is -0.121. The van der Waals surface area contributed by atoms with Crippen molar-refractivity contribution in [3.63, 3.8) is 0 Å². The quantitative estimate of drug-likeness (QED) is 0.757. The number of likely N-dealkylation sites (N-methyl/N-ethyl adjacent to an activating group) is 1.